The van der Waals surface area contributed by atoms with Crippen LogP contribution in [0.15, 0.2) is 30.3 Å². The molecule has 0 aromatic heterocycles. The predicted octanol–water partition coefficient (Wildman–Crippen LogP) is 0.944. The van der Waals surface area contributed by atoms with Gasteiger partial charge < -0.3 is 15.6 Å². The topological polar surface area (TPSA) is 58.7 Å². The van der Waals surface area contributed by atoms with E-state index in [2.05, 4.69) is 11.8 Å². The summed E-state index contributed by atoms with van der Waals surface area (Å²) >= 11 is 0. The molecule has 0 spiro atoms. The lowest BCUT2D eigenvalue weighted by Crippen LogP contribution is -2.48. The van der Waals surface area contributed by atoms with Crippen molar-refractivity contribution in [2.45, 2.75) is 24.9 Å². The lowest BCUT2D eigenvalue weighted by molar-refractivity contribution is -0.00495. The second-order valence-corrected chi connectivity index (χ2v) is 5.39. The molecule has 1 saturated heterocycles. The van der Waals surface area contributed by atoms with Crippen molar-refractivity contribution < 1.29 is 9.84 Å². The van der Waals surface area contributed by atoms with E-state index in [4.69, 9.17) is 10.5 Å². The number of rotatable bonds is 5. The quantitative estimate of drug-likeness (QED) is 0.831. The summed E-state index contributed by atoms with van der Waals surface area (Å²) in [6.07, 6.45) is 0.748. The van der Waals surface area contributed by atoms with Crippen molar-refractivity contribution in [2.75, 3.05) is 32.9 Å². The van der Waals surface area contributed by atoms with Gasteiger partial charge in [0.15, 0.2) is 0 Å². The van der Waals surface area contributed by atoms with Gasteiger partial charge in [0.1, 0.15) is 0 Å². The number of nitrogens with two attached hydrogens (primary N) is 1. The van der Waals surface area contributed by atoms with Crippen LogP contribution >= 0.6 is 0 Å². The van der Waals surface area contributed by atoms with Gasteiger partial charge in [-0.3, -0.25) is 4.90 Å². The van der Waals surface area contributed by atoms with Gasteiger partial charge in [0.2, 0.25) is 0 Å². The summed E-state index contributed by atoms with van der Waals surface area (Å²) in [5.74, 6) is 0. The third-order valence-corrected chi connectivity index (χ3v) is 3.98. The Morgan fingerprint density at radius 2 is 2.16 bits per heavy atom. The third-order valence-electron chi connectivity index (χ3n) is 3.98. The summed E-state index contributed by atoms with van der Waals surface area (Å²) in [4.78, 5) is 2.38. The Morgan fingerprint density at radius 1 is 1.42 bits per heavy atom. The lowest BCUT2D eigenvalue weighted by Gasteiger charge is -2.36. The van der Waals surface area contributed by atoms with Crippen LogP contribution in [-0.4, -0.2) is 49.0 Å². The molecule has 0 radical (unpaired) electrons. The Kier molecular flexibility index (Phi) is 4.93. The molecule has 1 fully saturated rings. The number of aliphatic hydroxyl groups is 1. The van der Waals surface area contributed by atoms with Crippen molar-refractivity contribution >= 4 is 0 Å². The Bertz CT molecular complexity index is 385. The number of hydrogen-bond donors (Lipinski definition) is 2. The highest BCUT2D eigenvalue weighted by Crippen LogP contribution is 2.22. The number of benzene rings is 1. The van der Waals surface area contributed by atoms with Gasteiger partial charge in [-0.1, -0.05) is 30.3 Å². The average Bonchev–Trinajstić information content (AvgIpc) is 2.47. The summed E-state index contributed by atoms with van der Waals surface area (Å²) in [6, 6.07) is 10.3. The molecular weight excluding hydrogens is 240 g/mol. The van der Waals surface area contributed by atoms with E-state index in [1.54, 1.807) is 0 Å². The average molecular weight is 264 g/mol. The Morgan fingerprint density at radius 3 is 2.79 bits per heavy atom. The van der Waals surface area contributed by atoms with E-state index in [1.807, 2.05) is 30.3 Å². The fraction of sp³-hybridized carbons (Fsp3) is 0.600. The molecule has 1 aliphatic rings. The number of nitrogens with zero attached hydrogens (tertiary/aromatic N) is 1. The highest BCUT2D eigenvalue weighted by Gasteiger charge is 2.28. The molecule has 19 heavy (non-hydrogen) atoms. The van der Waals surface area contributed by atoms with E-state index < -0.39 is 5.54 Å². The summed E-state index contributed by atoms with van der Waals surface area (Å²) < 4.78 is 5.43. The molecule has 0 saturated carbocycles. The Balaban J connectivity index is 1.99. The second-order valence-electron chi connectivity index (χ2n) is 5.39. The Hall–Kier alpha value is -0.940. The molecule has 2 atom stereocenters. The van der Waals surface area contributed by atoms with Gasteiger partial charge in [-0.05, 0) is 18.9 Å². The Labute approximate surface area is 115 Å². The van der Waals surface area contributed by atoms with Crippen LogP contribution in [0.1, 0.15) is 18.9 Å². The van der Waals surface area contributed by atoms with Gasteiger partial charge >= 0.3 is 0 Å². The number of hydrogen-bond acceptors (Lipinski definition) is 4. The minimum absolute atomic E-state index is 0.0320. The fourth-order valence-electron chi connectivity index (χ4n) is 2.52. The third kappa shape index (κ3) is 3.54. The zero-order valence-electron chi connectivity index (χ0n) is 11.6. The molecule has 106 valence electrons. The van der Waals surface area contributed by atoms with Crippen molar-refractivity contribution in [3.05, 3.63) is 35.9 Å². The largest absolute Gasteiger partial charge is 0.394 e. The molecule has 3 N–H and O–H groups in total. The maximum atomic E-state index is 9.67. The lowest BCUT2D eigenvalue weighted by atomic mass is 9.88. The van der Waals surface area contributed by atoms with Crippen molar-refractivity contribution in [1.29, 1.82) is 0 Å². The van der Waals surface area contributed by atoms with Crippen molar-refractivity contribution in [3.8, 4) is 0 Å². The smallest absolute Gasteiger partial charge is 0.0656 e. The van der Waals surface area contributed by atoms with Crippen LogP contribution in [0.3, 0.4) is 0 Å². The first-order valence-corrected chi connectivity index (χ1v) is 6.93. The molecule has 0 aliphatic carbocycles. The van der Waals surface area contributed by atoms with Gasteiger partial charge in [-0.25, -0.2) is 0 Å². The van der Waals surface area contributed by atoms with E-state index in [1.165, 1.54) is 0 Å². The summed E-state index contributed by atoms with van der Waals surface area (Å²) in [5, 5.41) is 9.67. The maximum Gasteiger partial charge on any atom is 0.0656 e. The number of ether oxygens (including phenoxy) is 1. The highest BCUT2D eigenvalue weighted by atomic mass is 16.5. The predicted molar refractivity (Wildman–Crippen MR) is 75.9 cm³/mol. The van der Waals surface area contributed by atoms with Gasteiger partial charge in [-0.2, -0.15) is 0 Å². The van der Waals surface area contributed by atoms with Crippen LogP contribution in [0.5, 0.6) is 0 Å². The maximum absolute atomic E-state index is 9.67. The molecule has 2 unspecified atom stereocenters. The SMILES string of the molecule is CC1COCCN1CCC(N)(CO)c1ccccc1. The van der Waals surface area contributed by atoms with Crippen LogP contribution in [0.4, 0.5) is 0 Å². The fourth-order valence-corrected chi connectivity index (χ4v) is 2.52. The van der Waals surface area contributed by atoms with Crippen LogP contribution in [0.2, 0.25) is 0 Å². The van der Waals surface area contributed by atoms with E-state index >= 15 is 0 Å². The molecule has 0 bridgehead atoms. The van der Waals surface area contributed by atoms with Crippen molar-refractivity contribution in [1.82, 2.24) is 4.90 Å². The summed E-state index contributed by atoms with van der Waals surface area (Å²) in [5.41, 5.74) is 6.72. The van der Waals surface area contributed by atoms with Gasteiger partial charge in [0, 0.05) is 19.1 Å². The van der Waals surface area contributed by atoms with Crippen LogP contribution in [-0.2, 0) is 10.3 Å². The first-order chi connectivity index (χ1) is 9.15. The highest BCUT2D eigenvalue weighted by molar-refractivity contribution is 5.24. The minimum Gasteiger partial charge on any atom is -0.394 e. The van der Waals surface area contributed by atoms with Crippen LogP contribution < -0.4 is 5.73 Å². The molecule has 1 aromatic carbocycles. The zero-order valence-corrected chi connectivity index (χ0v) is 11.6. The van der Waals surface area contributed by atoms with Crippen molar-refractivity contribution in [3.63, 3.8) is 0 Å². The summed E-state index contributed by atoms with van der Waals surface area (Å²) in [7, 11) is 0. The molecule has 2 rings (SSSR count). The second kappa shape index (κ2) is 6.48. The van der Waals surface area contributed by atoms with E-state index in [0.717, 1.165) is 38.3 Å². The van der Waals surface area contributed by atoms with Gasteiger partial charge in [-0.15, -0.1) is 0 Å². The van der Waals surface area contributed by atoms with E-state index in [9.17, 15) is 5.11 Å². The number of aliphatic hydroxyl groups excluding tert-OH is 1. The first kappa shape index (κ1) is 14.5. The van der Waals surface area contributed by atoms with Crippen LogP contribution in [0, 0.1) is 0 Å². The molecule has 1 aliphatic heterocycles. The minimum atomic E-state index is -0.653. The molecule has 1 heterocycles. The van der Waals surface area contributed by atoms with Gasteiger partial charge in [0.25, 0.3) is 0 Å². The van der Waals surface area contributed by atoms with Crippen molar-refractivity contribution in [2.24, 2.45) is 5.73 Å². The first-order valence-electron chi connectivity index (χ1n) is 6.93. The molecule has 1 aromatic rings. The van der Waals surface area contributed by atoms with Crippen LogP contribution in [0.25, 0.3) is 0 Å². The van der Waals surface area contributed by atoms with E-state index in [0.29, 0.717) is 6.04 Å². The molecule has 0 amide bonds. The zero-order chi connectivity index (χ0) is 13.7. The monoisotopic (exact) mass is 264 g/mol. The van der Waals surface area contributed by atoms with E-state index in [-0.39, 0.29) is 6.61 Å². The summed E-state index contributed by atoms with van der Waals surface area (Å²) in [6.45, 7) is 5.52. The standard InChI is InChI=1S/C15H24N2O2/c1-13-11-19-10-9-17(13)8-7-15(16,12-18)14-5-3-2-4-6-14/h2-6,13,18H,7-12,16H2,1H3. The molecular formula is C15H24N2O2. The normalized spacial score (nSPS) is 24.1. The molecule has 4 heteroatoms. The molecule has 4 nitrogen and oxygen atoms in total. The van der Waals surface area contributed by atoms with Gasteiger partial charge in [0.05, 0.1) is 25.4 Å². The number of morpholine rings is 1.